The van der Waals surface area contributed by atoms with Gasteiger partial charge in [-0.1, -0.05) is 50.2 Å². The van der Waals surface area contributed by atoms with E-state index >= 15 is 0 Å². The van der Waals surface area contributed by atoms with Crippen LogP contribution in [0.2, 0.25) is 0 Å². The van der Waals surface area contributed by atoms with Crippen molar-refractivity contribution in [3.05, 3.63) is 69.8 Å². The summed E-state index contributed by atoms with van der Waals surface area (Å²) in [5.74, 6) is 0. The smallest absolute Gasteiger partial charge is 0.00604 e. The summed E-state index contributed by atoms with van der Waals surface area (Å²) >= 11 is 0. The first kappa shape index (κ1) is 14.8. The lowest BCUT2D eigenvalue weighted by Gasteiger charge is -2.29. The Bertz CT molecular complexity index is 618. The maximum absolute atomic E-state index is 2.36. The summed E-state index contributed by atoms with van der Waals surface area (Å²) in [6.45, 7) is 13.6. The normalized spacial score (nSPS) is 11.7. The van der Waals surface area contributed by atoms with Gasteiger partial charge in [-0.2, -0.15) is 0 Å². The quantitative estimate of drug-likeness (QED) is 0.694. The van der Waals surface area contributed by atoms with Crippen molar-refractivity contribution in [2.75, 3.05) is 0 Å². The maximum atomic E-state index is 2.36. The highest BCUT2D eigenvalue weighted by Gasteiger charge is 2.24. The first-order valence-electron chi connectivity index (χ1n) is 7.45. The van der Waals surface area contributed by atoms with Gasteiger partial charge in [-0.3, -0.25) is 0 Å². The van der Waals surface area contributed by atoms with Gasteiger partial charge in [0.2, 0.25) is 0 Å². The number of benzene rings is 2. The third-order valence-electron chi connectivity index (χ3n) is 4.68. The molecule has 0 nitrogen and oxygen atoms in total. The van der Waals surface area contributed by atoms with Crippen LogP contribution in [0.15, 0.2) is 36.4 Å². The van der Waals surface area contributed by atoms with Crippen LogP contribution in [0.3, 0.4) is 0 Å². The van der Waals surface area contributed by atoms with E-state index in [-0.39, 0.29) is 5.41 Å². The molecule has 106 valence electrons. The van der Waals surface area contributed by atoms with Gasteiger partial charge in [0, 0.05) is 0 Å². The average molecular weight is 266 g/mol. The average Bonchev–Trinajstić information content (AvgIpc) is 2.38. The molecule has 0 heteroatoms. The van der Waals surface area contributed by atoms with Crippen molar-refractivity contribution < 1.29 is 0 Å². The fourth-order valence-electron chi connectivity index (χ4n) is 3.06. The molecule has 0 aliphatic carbocycles. The Balaban J connectivity index is 2.40. The third-order valence-corrected chi connectivity index (χ3v) is 4.68. The molecule has 2 rings (SSSR count). The van der Waals surface area contributed by atoms with Crippen LogP contribution < -0.4 is 0 Å². The molecular formula is C20H26. The molecule has 0 fully saturated rings. The molecule has 0 saturated heterocycles. The maximum Gasteiger partial charge on any atom is -0.00604 e. The summed E-state index contributed by atoms with van der Waals surface area (Å²) in [6.07, 6.45) is 1.09. The molecule has 0 saturated carbocycles. The van der Waals surface area contributed by atoms with Crippen LogP contribution in [0.5, 0.6) is 0 Å². The molecule has 0 aliphatic heterocycles. The van der Waals surface area contributed by atoms with Crippen molar-refractivity contribution in [3.8, 4) is 0 Å². The van der Waals surface area contributed by atoms with Crippen LogP contribution in [0.4, 0.5) is 0 Å². The van der Waals surface area contributed by atoms with E-state index in [1.54, 1.807) is 0 Å². The van der Waals surface area contributed by atoms with Crippen molar-refractivity contribution in [1.29, 1.82) is 0 Å². The van der Waals surface area contributed by atoms with Gasteiger partial charge in [-0.05, 0) is 72.9 Å². The van der Waals surface area contributed by atoms with E-state index in [9.17, 15) is 0 Å². The number of rotatable bonds is 3. The second kappa shape index (κ2) is 5.44. The lowest BCUT2D eigenvalue weighted by atomic mass is 9.75. The highest BCUT2D eigenvalue weighted by molar-refractivity contribution is 5.41. The standard InChI is InChI=1S/C20H26/c1-14-9-7-11-18(16(14)3)13-20(5,6)19-12-8-10-15(2)17(19)4/h7-12H,13H2,1-6H3. The fraction of sp³-hybridized carbons (Fsp3) is 0.400. The van der Waals surface area contributed by atoms with E-state index in [2.05, 4.69) is 77.9 Å². The van der Waals surface area contributed by atoms with Gasteiger partial charge >= 0.3 is 0 Å². The Morgan fingerprint density at radius 3 is 1.95 bits per heavy atom. The van der Waals surface area contributed by atoms with Crippen molar-refractivity contribution >= 4 is 0 Å². The van der Waals surface area contributed by atoms with Crippen LogP contribution in [-0.4, -0.2) is 0 Å². The van der Waals surface area contributed by atoms with Gasteiger partial charge in [0.15, 0.2) is 0 Å². The van der Waals surface area contributed by atoms with Crippen molar-refractivity contribution in [2.45, 2.75) is 53.4 Å². The summed E-state index contributed by atoms with van der Waals surface area (Å²) in [6, 6.07) is 13.3. The molecular weight excluding hydrogens is 240 g/mol. The van der Waals surface area contributed by atoms with Gasteiger partial charge in [-0.25, -0.2) is 0 Å². The van der Waals surface area contributed by atoms with Gasteiger partial charge in [0.05, 0.1) is 0 Å². The Labute approximate surface area is 123 Å². The van der Waals surface area contributed by atoms with E-state index in [0.717, 1.165) is 6.42 Å². The van der Waals surface area contributed by atoms with Crippen molar-refractivity contribution in [1.82, 2.24) is 0 Å². The molecule has 2 aromatic rings. The number of hydrogen-bond donors (Lipinski definition) is 0. The van der Waals surface area contributed by atoms with Crippen LogP contribution >= 0.6 is 0 Å². The monoisotopic (exact) mass is 266 g/mol. The zero-order valence-corrected chi connectivity index (χ0v) is 13.7. The first-order chi connectivity index (χ1) is 9.33. The van der Waals surface area contributed by atoms with Crippen molar-refractivity contribution in [2.24, 2.45) is 0 Å². The molecule has 0 radical (unpaired) electrons. The van der Waals surface area contributed by atoms with E-state index in [4.69, 9.17) is 0 Å². The van der Waals surface area contributed by atoms with Crippen LogP contribution in [0.1, 0.15) is 47.2 Å². The second-order valence-electron chi connectivity index (χ2n) is 6.67. The largest absolute Gasteiger partial charge is 0.0617 e. The minimum absolute atomic E-state index is 0.161. The molecule has 0 amide bonds. The predicted octanol–water partition coefficient (Wildman–Crippen LogP) is 5.44. The van der Waals surface area contributed by atoms with E-state index < -0.39 is 0 Å². The minimum atomic E-state index is 0.161. The zero-order valence-electron chi connectivity index (χ0n) is 13.7. The summed E-state index contributed by atoms with van der Waals surface area (Å²) in [7, 11) is 0. The molecule has 0 aliphatic rings. The lowest BCUT2D eigenvalue weighted by Crippen LogP contribution is -2.22. The number of hydrogen-bond acceptors (Lipinski definition) is 0. The Hall–Kier alpha value is -1.56. The molecule has 0 aromatic heterocycles. The van der Waals surface area contributed by atoms with Gasteiger partial charge in [-0.15, -0.1) is 0 Å². The Morgan fingerprint density at radius 1 is 0.750 bits per heavy atom. The first-order valence-corrected chi connectivity index (χ1v) is 7.45. The zero-order chi connectivity index (χ0) is 14.9. The third kappa shape index (κ3) is 2.80. The minimum Gasteiger partial charge on any atom is -0.0617 e. The van der Waals surface area contributed by atoms with E-state index in [1.807, 2.05) is 0 Å². The lowest BCUT2D eigenvalue weighted by molar-refractivity contribution is 0.517. The summed E-state index contributed by atoms with van der Waals surface area (Å²) in [4.78, 5) is 0. The van der Waals surface area contributed by atoms with Crippen LogP contribution in [0, 0.1) is 27.7 Å². The molecule has 0 N–H and O–H groups in total. The van der Waals surface area contributed by atoms with Crippen molar-refractivity contribution in [3.63, 3.8) is 0 Å². The number of aryl methyl sites for hydroxylation is 2. The predicted molar refractivity (Wildman–Crippen MR) is 88.6 cm³/mol. The molecule has 0 heterocycles. The van der Waals surface area contributed by atoms with Crippen LogP contribution in [0.25, 0.3) is 0 Å². The summed E-state index contributed by atoms with van der Waals surface area (Å²) in [5, 5.41) is 0. The summed E-state index contributed by atoms with van der Waals surface area (Å²) < 4.78 is 0. The van der Waals surface area contributed by atoms with Gasteiger partial charge in [0.1, 0.15) is 0 Å². The Kier molecular flexibility index (Phi) is 4.04. The van der Waals surface area contributed by atoms with Gasteiger partial charge in [0.25, 0.3) is 0 Å². The molecule has 0 bridgehead atoms. The van der Waals surface area contributed by atoms with E-state index in [0.29, 0.717) is 0 Å². The molecule has 0 atom stereocenters. The van der Waals surface area contributed by atoms with E-state index in [1.165, 1.54) is 33.4 Å². The highest BCUT2D eigenvalue weighted by atomic mass is 14.3. The summed E-state index contributed by atoms with van der Waals surface area (Å²) in [5.41, 5.74) is 8.74. The second-order valence-corrected chi connectivity index (χ2v) is 6.67. The molecule has 20 heavy (non-hydrogen) atoms. The SMILES string of the molecule is Cc1cccc(CC(C)(C)c2cccc(C)c2C)c1C. The van der Waals surface area contributed by atoms with Gasteiger partial charge < -0.3 is 0 Å². The topological polar surface area (TPSA) is 0 Å². The molecule has 0 unspecified atom stereocenters. The van der Waals surface area contributed by atoms with Crippen LogP contribution in [-0.2, 0) is 11.8 Å². The molecule has 0 spiro atoms. The Morgan fingerprint density at radius 2 is 1.30 bits per heavy atom. The fourth-order valence-corrected chi connectivity index (χ4v) is 3.06. The highest BCUT2D eigenvalue weighted by Crippen LogP contribution is 2.32. The molecule has 2 aromatic carbocycles.